The Hall–Kier alpha value is -2.68. The van der Waals surface area contributed by atoms with Crippen molar-refractivity contribution in [3.63, 3.8) is 0 Å². The lowest BCUT2D eigenvalue weighted by atomic mass is 9.96. The first-order chi connectivity index (χ1) is 9.79. The zero-order valence-corrected chi connectivity index (χ0v) is 12.1. The van der Waals surface area contributed by atoms with Gasteiger partial charge < -0.3 is 11.1 Å². The van der Waals surface area contributed by atoms with Crippen LogP contribution < -0.4 is 11.1 Å². The van der Waals surface area contributed by atoms with Crippen LogP contribution in [0.4, 0.5) is 21.7 Å². The van der Waals surface area contributed by atoms with Crippen molar-refractivity contribution in [2.24, 2.45) is 0 Å². The quantitative estimate of drug-likeness (QED) is 0.885. The lowest BCUT2D eigenvalue weighted by Crippen LogP contribution is -2.17. The van der Waals surface area contributed by atoms with Gasteiger partial charge in [-0.3, -0.25) is 0 Å². The number of hydrogen-bond donors (Lipinski definition) is 2. The van der Waals surface area contributed by atoms with E-state index in [9.17, 15) is 4.39 Å². The Morgan fingerprint density at radius 2 is 1.95 bits per heavy atom. The highest BCUT2D eigenvalue weighted by Gasteiger charge is 2.18. The molecule has 0 saturated carbocycles. The molecule has 0 bridgehead atoms. The third kappa shape index (κ3) is 3.45. The second-order valence-corrected chi connectivity index (χ2v) is 5.68. The van der Waals surface area contributed by atoms with Crippen LogP contribution in [0, 0.1) is 17.1 Å². The number of nitrogens with zero attached hydrogens (tertiary/aromatic N) is 3. The predicted molar refractivity (Wildman–Crippen MR) is 79.5 cm³/mol. The van der Waals surface area contributed by atoms with E-state index in [1.54, 1.807) is 12.1 Å². The van der Waals surface area contributed by atoms with Crippen molar-refractivity contribution in [2.45, 2.75) is 26.2 Å². The van der Waals surface area contributed by atoms with E-state index >= 15 is 0 Å². The molecule has 0 amide bonds. The number of benzene rings is 1. The summed E-state index contributed by atoms with van der Waals surface area (Å²) in [4.78, 5) is 8.61. The molecule has 5 nitrogen and oxygen atoms in total. The van der Waals surface area contributed by atoms with E-state index in [4.69, 9.17) is 11.0 Å². The molecule has 0 aliphatic rings. The van der Waals surface area contributed by atoms with Gasteiger partial charge in [0.1, 0.15) is 29.3 Å². The van der Waals surface area contributed by atoms with Gasteiger partial charge in [-0.05, 0) is 18.2 Å². The molecule has 0 radical (unpaired) electrons. The summed E-state index contributed by atoms with van der Waals surface area (Å²) < 4.78 is 13.3. The Labute approximate surface area is 122 Å². The number of nitriles is 1. The fraction of sp³-hybridized carbons (Fsp3) is 0.267. The average molecular weight is 285 g/mol. The highest BCUT2D eigenvalue weighted by atomic mass is 19.1. The van der Waals surface area contributed by atoms with Gasteiger partial charge in [0, 0.05) is 17.2 Å². The maximum absolute atomic E-state index is 13.3. The summed E-state index contributed by atoms with van der Waals surface area (Å²) in [5.74, 6) is 0.899. The Kier molecular flexibility index (Phi) is 3.76. The lowest BCUT2D eigenvalue weighted by Gasteiger charge is -2.18. The molecule has 0 fully saturated rings. The van der Waals surface area contributed by atoms with Gasteiger partial charge in [-0.1, -0.05) is 20.8 Å². The molecular weight excluding hydrogens is 269 g/mol. The first-order valence-corrected chi connectivity index (χ1v) is 6.41. The van der Waals surface area contributed by atoms with Crippen LogP contribution in [0.25, 0.3) is 0 Å². The third-order valence-electron chi connectivity index (χ3n) is 2.78. The van der Waals surface area contributed by atoms with E-state index < -0.39 is 5.82 Å². The van der Waals surface area contributed by atoms with Gasteiger partial charge in [0.25, 0.3) is 0 Å². The molecule has 1 aromatic heterocycles. The first kappa shape index (κ1) is 14.7. The highest BCUT2D eigenvalue weighted by Crippen LogP contribution is 2.23. The van der Waals surface area contributed by atoms with Gasteiger partial charge in [0.2, 0.25) is 0 Å². The molecule has 21 heavy (non-hydrogen) atoms. The van der Waals surface area contributed by atoms with Crippen molar-refractivity contribution in [3.05, 3.63) is 41.5 Å². The minimum Gasteiger partial charge on any atom is -0.384 e. The van der Waals surface area contributed by atoms with Crippen LogP contribution in [0.5, 0.6) is 0 Å². The summed E-state index contributed by atoms with van der Waals surface area (Å²) in [6.07, 6.45) is 0. The van der Waals surface area contributed by atoms with Crippen LogP contribution in [0.1, 0.15) is 32.2 Å². The minimum absolute atomic E-state index is 0.0296. The van der Waals surface area contributed by atoms with Crippen molar-refractivity contribution in [1.82, 2.24) is 9.97 Å². The van der Waals surface area contributed by atoms with Crippen molar-refractivity contribution in [2.75, 3.05) is 11.1 Å². The maximum Gasteiger partial charge on any atom is 0.141 e. The van der Waals surface area contributed by atoms with Gasteiger partial charge >= 0.3 is 0 Å². The lowest BCUT2D eigenvalue weighted by molar-refractivity contribution is 0.547. The molecule has 2 aromatic rings. The van der Waals surface area contributed by atoms with E-state index in [0.29, 0.717) is 23.1 Å². The fourth-order valence-corrected chi connectivity index (χ4v) is 1.70. The summed E-state index contributed by atoms with van der Waals surface area (Å²) in [6, 6.07) is 7.57. The van der Waals surface area contributed by atoms with Gasteiger partial charge in [-0.15, -0.1) is 0 Å². The molecule has 1 heterocycles. The zero-order chi connectivity index (χ0) is 15.6. The SMILES string of the molecule is CC(C)(C)c1nc(N)cc(Nc2ccc(F)c(C#N)c2)n1. The normalized spacial score (nSPS) is 11.0. The van der Waals surface area contributed by atoms with Crippen LogP contribution in [-0.4, -0.2) is 9.97 Å². The number of nitrogens with one attached hydrogen (secondary N) is 1. The van der Waals surface area contributed by atoms with Crippen molar-refractivity contribution < 1.29 is 4.39 Å². The second-order valence-electron chi connectivity index (χ2n) is 5.68. The molecule has 0 aliphatic heterocycles. The van der Waals surface area contributed by atoms with Crippen LogP contribution in [0.3, 0.4) is 0 Å². The number of rotatable bonds is 2. The van der Waals surface area contributed by atoms with Gasteiger partial charge in [-0.25, -0.2) is 14.4 Å². The molecule has 0 saturated heterocycles. The highest BCUT2D eigenvalue weighted by molar-refractivity contribution is 5.60. The number of aromatic nitrogens is 2. The van der Waals surface area contributed by atoms with Crippen LogP contribution in [-0.2, 0) is 5.41 Å². The molecule has 1 aromatic carbocycles. The molecular formula is C15H16FN5. The Balaban J connectivity index is 2.36. The van der Waals surface area contributed by atoms with E-state index in [1.165, 1.54) is 18.2 Å². The smallest absolute Gasteiger partial charge is 0.141 e. The summed E-state index contributed by atoms with van der Waals surface area (Å²) in [6.45, 7) is 5.95. The predicted octanol–water partition coefficient (Wildman–Crippen LogP) is 3.11. The zero-order valence-electron chi connectivity index (χ0n) is 12.1. The fourth-order valence-electron chi connectivity index (χ4n) is 1.70. The van der Waals surface area contributed by atoms with Crippen LogP contribution in [0.2, 0.25) is 0 Å². The standard InChI is InChI=1S/C15H16FN5/c1-15(2,3)14-20-12(18)7-13(21-14)19-10-4-5-11(16)9(6-10)8-17/h4-7H,1-3H3,(H3,18,19,20,21). The monoisotopic (exact) mass is 285 g/mol. The van der Waals surface area contributed by atoms with Crippen molar-refractivity contribution >= 4 is 17.3 Å². The van der Waals surface area contributed by atoms with E-state index in [-0.39, 0.29) is 11.0 Å². The first-order valence-electron chi connectivity index (χ1n) is 6.41. The summed E-state index contributed by atoms with van der Waals surface area (Å²) in [5, 5.41) is 11.9. The molecule has 0 atom stereocenters. The summed E-state index contributed by atoms with van der Waals surface area (Å²) in [5.41, 5.74) is 6.07. The number of hydrogen-bond acceptors (Lipinski definition) is 5. The molecule has 6 heteroatoms. The number of halogens is 1. The van der Waals surface area contributed by atoms with Crippen LogP contribution in [0.15, 0.2) is 24.3 Å². The van der Waals surface area contributed by atoms with E-state index in [1.807, 2.05) is 20.8 Å². The van der Waals surface area contributed by atoms with Gasteiger partial charge in [0.15, 0.2) is 0 Å². The average Bonchev–Trinajstić information content (AvgIpc) is 2.39. The van der Waals surface area contributed by atoms with Gasteiger partial charge in [0.05, 0.1) is 5.56 Å². The Morgan fingerprint density at radius 1 is 1.24 bits per heavy atom. The Morgan fingerprint density at radius 3 is 2.57 bits per heavy atom. The van der Waals surface area contributed by atoms with Crippen molar-refractivity contribution in [1.29, 1.82) is 5.26 Å². The van der Waals surface area contributed by atoms with Gasteiger partial charge in [-0.2, -0.15) is 5.26 Å². The van der Waals surface area contributed by atoms with Crippen LogP contribution >= 0.6 is 0 Å². The second kappa shape index (κ2) is 5.37. The molecule has 0 aliphatic carbocycles. The summed E-state index contributed by atoms with van der Waals surface area (Å²) in [7, 11) is 0. The maximum atomic E-state index is 13.3. The van der Waals surface area contributed by atoms with Crippen molar-refractivity contribution in [3.8, 4) is 6.07 Å². The summed E-state index contributed by atoms with van der Waals surface area (Å²) >= 11 is 0. The topological polar surface area (TPSA) is 87.6 Å². The minimum atomic E-state index is -0.555. The third-order valence-corrected chi connectivity index (χ3v) is 2.78. The molecule has 3 N–H and O–H groups in total. The van der Waals surface area contributed by atoms with E-state index in [2.05, 4.69) is 15.3 Å². The Bertz CT molecular complexity index is 713. The molecule has 2 rings (SSSR count). The number of anilines is 3. The molecule has 0 spiro atoms. The number of nitrogens with two attached hydrogens (primary N) is 1. The molecule has 0 unspecified atom stereocenters. The van der Waals surface area contributed by atoms with E-state index in [0.717, 1.165) is 0 Å². The number of nitrogen functional groups attached to an aromatic ring is 1. The largest absolute Gasteiger partial charge is 0.384 e. The molecule has 108 valence electrons.